The van der Waals surface area contributed by atoms with Gasteiger partial charge in [0.2, 0.25) is 0 Å². The Hall–Kier alpha value is -0.690. The van der Waals surface area contributed by atoms with Crippen LogP contribution in [0.2, 0.25) is 0 Å². The molecule has 0 bridgehead atoms. The van der Waals surface area contributed by atoms with Gasteiger partial charge in [-0.3, -0.25) is 0 Å². The third-order valence-electron chi connectivity index (χ3n) is 2.06. The molecule has 1 rings (SSSR count). The molecule has 0 saturated carbocycles. The first-order valence-corrected chi connectivity index (χ1v) is 6.05. The van der Waals surface area contributed by atoms with Crippen LogP contribution in [0.3, 0.4) is 0 Å². The Labute approximate surface area is 91.4 Å². The molecule has 0 N–H and O–H groups in total. The smallest absolute Gasteiger partial charge is 0.0118 e. The first kappa shape index (κ1) is 11.4. The maximum Gasteiger partial charge on any atom is 0.0118 e. The highest BCUT2D eigenvalue weighted by molar-refractivity contribution is 8.03. The Bertz CT molecular complexity index is 264. The Kier molecular flexibility index (Phi) is 5.46. The molecule has 0 aliphatic heterocycles. The van der Waals surface area contributed by atoms with E-state index >= 15 is 0 Å². The second-order valence-corrected chi connectivity index (χ2v) is 4.66. The van der Waals surface area contributed by atoms with E-state index in [0.717, 1.165) is 6.42 Å². The minimum Gasteiger partial charge on any atom is -0.0952 e. The summed E-state index contributed by atoms with van der Waals surface area (Å²) in [6.45, 7) is 6.31. The van der Waals surface area contributed by atoms with E-state index in [0.29, 0.717) is 0 Å². The van der Waals surface area contributed by atoms with Crippen LogP contribution in [0.5, 0.6) is 0 Å². The van der Waals surface area contributed by atoms with Crippen LogP contribution in [0.4, 0.5) is 0 Å². The number of hydrogen-bond acceptors (Lipinski definition) is 1. The maximum atomic E-state index is 4.08. The zero-order valence-electron chi connectivity index (χ0n) is 8.83. The van der Waals surface area contributed by atoms with E-state index in [4.69, 9.17) is 0 Å². The zero-order chi connectivity index (χ0) is 10.2. The van der Waals surface area contributed by atoms with E-state index < -0.39 is 0 Å². The molecule has 0 aromatic heterocycles. The molecule has 0 aliphatic carbocycles. The van der Waals surface area contributed by atoms with Gasteiger partial charge in [-0.25, -0.2) is 0 Å². The number of thioether (sulfide) groups is 1. The molecule has 1 aromatic carbocycles. The van der Waals surface area contributed by atoms with Crippen LogP contribution in [0.25, 0.3) is 0 Å². The lowest BCUT2D eigenvalue weighted by molar-refractivity contribution is 0.726. The van der Waals surface area contributed by atoms with E-state index in [-0.39, 0.29) is 0 Å². The highest BCUT2D eigenvalue weighted by Gasteiger charge is 1.97. The van der Waals surface area contributed by atoms with Crippen molar-refractivity contribution in [2.45, 2.75) is 37.5 Å². The van der Waals surface area contributed by atoms with Crippen LogP contribution < -0.4 is 0 Å². The molecule has 0 saturated heterocycles. The standard InChI is InChI=1S/C13H18S/c1-3-4-6-9-12(2)14-13-10-7-5-8-11-13/h5,7-8,10-11H,2-4,6,9H2,1H3. The highest BCUT2D eigenvalue weighted by atomic mass is 32.2. The summed E-state index contributed by atoms with van der Waals surface area (Å²) >= 11 is 1.80. The van der Waals surface area contributed by atoms with Crippen LogP contribution >= 0.6 is 11.8 Å². The molecular weight excluding hydrogens is 188 g/mol. The number of hydrogen-bond donors (Lipinski definition) is 0. The molecule has 0 nitrogen and oxygen atoms in total. The lowest BCUT2D eigenvalue weighted by Gasteiger charge is -2.04. The Morgan fingerprint density at radius 1 is 1.21 bits per heavy atom. The van der Waals surface area contributed by atoms with Crippen molar-refractivity contribution in [3.05, 3.63) is 41.8 Å². The van der Waals surface area contributed by atoms with Gasteiger partial charge in [-0.1, -0.05) is 56.3 Å². The lowest BCUT2D eigenvalue weighted by Crippen LogP contribution is -1.78. The molecular formula is C13H18S. The summed E-state index contributed by atoms with van der Waals surface area (Å²) in [7, 11) is 0. The average Bonchev–Trinajstić information content (AvgIpc) is 2.20. The summed E-state index contributed by atoms with van der Waals surface area (Å²) in [5.41, 5.74) is 0. The largest absolute Gasteiger partial charge is 0.0952 e. The van der Waals surface area contributed by atoms with Gasteiger partial charge < -0.3 is 0 Å². The normalized spacial score (nSPS) is 10.1. The monoisotopic (exact) mass is 206 g/mol. The number of allylic oxidation sites excluding steroid dienone is 1. The quantitative estimate of drug-likeness (QED) is 0.472. The van der Waals surface area contributed by atoms with Crippen molar-refractivity contribution >= 4 is 11.8 Å². The molecule has 76 valence electrons. The van der Waals surface area contributed by atoms with Gasteiger partial charge in [-0.05, 0) is 29.9 Å². The van der Waals surface area contributed by atoms with Crippen LogP contribution in [-0.4, -0.2) is 0 Å². The molecule has 1 heteroatoms. The van der Waals surface area contributed by atoms with E-state index in [9.17, 15) is 0 Å². The third kappa shape index (κ3) is 4.52. The molecule has 14 heavy (non-hydrogen) atoms. The Morgan fingerprint density at radius 3 is 2.57 bits per heavy atom. The van der Waals surface area contributed by atoms with Gasteiger partial charge in [0, 0.05) is 4.90 Å². The fourth-order valence-electron chi connectivity index (χ4n) is 1.28. The molecule has 0 heterocycles. The van der Waals surface area contributed by atoms with E-state index in [1.54, 1.807) is 11.8 Å². The Morgan fingerprint density at radius 2 is 1.93 bits per heavy atom. The zero-order valence-corrected chi connectivity index (χ0v) is 9.65. The van der Waals surface area contributed by atoms with Crippen LogP contribution in [0.1, 0.15) is 32.6 Å². The van der Waals surface area contributed by atoms with Gasteiger partial charge in [-0.2, -0.15) is 0 Å². The fourth-order valence-corrected chi connectivity index (χ4v) is 2.15. The van der Waals surface area contributed by atoms with Gasteiger partial charge in [0.25, 0.3) is 0 Å². The highest BCUT2D eigenvalue weighted by Crippen LogP contribution is 2.28. The summed E-state index contributed by atoms with van der Waals surface area (Å²) < 4.78 is 0. The predicted octanol–water partition coefficient (Wildman–Crippen LogP) is 4.87. The molecule has 1 aromatic rings. The van der Waals surface area contributed by atoms with Crippen molar-refractivity contribution in [3.63, 3.8) is 0 Å². The van der Waals surface area contributed by atoms with Crippen molar-refractivity contribution in [2.75, 3.05) is 0 Å². The lowest BCUT2D eigenvalue weighted by atomic mass is 10.2. The Balaban J connectivity index is 2.27. The molecule has 0 aliphatic rings. The van der Waals surface area contributed by atoms with Crippen molar-refractivity contribution in [1.29, 1.82) is 0 Å². The molecule has 0 unspecified atom stereocenters. The summed E-state index contributed by atoms with van der Waals surface area (Å²) in [6, 6.07) is 10.5. The summed E-state index contributed by atoms with van der Waals surface area (Å²) in [6.07, 6.45) is 5.01. The predicted molar refractivity (Wildman–Crippen MR) is 65.6 cm³/mol. The third-order valence-corrected chi connectivity index (χ3v) is 3.07. The minimum absolute atomic E-state index is 1.15. The van der Waals surface area contributed by atoms with Crippen LogP contribution in [-0.2, 0) is 0 Å². The molecule has 0 radical (unpaired) electrons. The average molecular weight is 206 g/mol. The van der Waals surface area contributed by atoms with Crippen molar-refractivity contribution in [2.24, 2.45) is 0 Å². The summed E-state index contributed by atoms with van der Waals surface area (Å²) in [5, 5.41) is 0. The minimum atomic E-state index is 1.15. The fraction of sp³-hybridized carbons (Fsp3) is 0.385. The molecule has 0 amide bonds. The van der Waals surface area contributed by atoms with E-state index in [1.165, 1.54) is 29.1 Å². The van der Waals surface area contributed by atoms with E-state index in [1.807, 2.05) is 6.07 Å². The van der Waals surface area contributed by atoms with Crippen molar-refractivity contribution < 1.29 is 0 Å². The SMILES string of the molecule is C=C(CCCCC)Sc1ccccc1. The number of rotatable bonds is 6. The second-order valence-electron chi connectivity index (χ2n) is 3.41. The van der Waals surface area contributed by atoms with Crippen molar-refractivity contribution in [3.8, 4) is 0 Å². The van der Waals surface area contributed by atoms with Gasteiger partial charge in [-0.15, -0.1) is 0 Å². The topological polar surface area (TPSA) is 0 Å². The first-order chi connectivity index (χ1) is 6.83. The van der Waals surface area contributed by atoms with Gasteiger partial charge in [0.05, 0.1) is 0 Å². The van der Waals surface area contributed by atoms with Gasteiger partial charge >= 0.3 is 0 Å². The van der Waals surface area contributed by atoms with Crippen LogP contribution in [0, 0.1) is 0 Å². The molecule has 0 fully saturated rings. The number of benzene rings is 1. The molecule has 0 atom stereocenters. The maximum absolute atomic E-state index is 4.08. The van der Waals surface area contributed by atoms with Gasteiger partial charge in [0.1, 0.15) is 0 Å². The number of unbranched alkanes of at least 4 members (excludes halogenated alkanes) is 2. The van der Waals surface area contributed by atoms with Crippen LogP contribution in [0.15, 0.2) is 46.7 Å². The molecule has 0 spiro atoms. The van der Waals surface area contributed by atoms with E-state index in [2.05, 4.69) is 37.8 Å². The van der Waals surface area contributed by atoms with Gasteiger partial charge in [0.15, 0.2) is 0 Å². The summed E-state index contributed by atoms with van der Waals surface area (Å²) in [4.78, 5) is 2.58. The first-order valence-electron chi connectivity index (χ1n) is 5.23. The van der Waals surface area contributed by atoms with Crippen molar-refractivity contribution in [1.82, 2.24) is 0 Å². The second kappa shape index (κ2) is 6.72. The summed E-state index contributed by atoms with van der Waals surface area (Å²) in [5.74, 6) is 0.